The Kier molecular flexibility index (Phi) is 2.68. The van der Waals surface area contributed by atoms with Gasteiger partial charge in [-0.25, -0.2) is 4.79 Å². The average molecular weight is 213 g/mol. The second-order valence-corrected chi connectivity index (χ2v) is 3.58. The minimum Gasteiger partial charge on any atom is -0.478 e. The lowest BCUT2D eigenvalue weighted by molar-refractivity contribution is 0.0696. The Hall–Kier alpha value is -2.16. The van der Waals surface area contributed by atoms with Crippen molar-refractivity contribution in [1.29, 1.82) is 0 Å². The third-order valence-corrected chi connectivity index (χ3v) is 2.44. The molecule has 0 saturated carbocycles. The van der Waals surface area contributed by atoms with E-state index in [0.29, 0.717) is 0 Å². The lowest BCUT2D eigenvalue weighted by Crippen LogP contribution is -1.97. The molecule has 3 heteroatoms. The summed E-state index contributed by atoms with van der Waals surface area (Å²) in [5.74, 6) is -0.956. The Morgan fingerprint density at radius 1 is 1.25 bits per heavy atom. The van der Waals surface area contributed by atoms with Gasteiger partial charge >= 0.3 is 5.97 Å². The fraction of sp³-hybridized carbons (Fsp3) is 0.0769. The molecule has 0 atom stereocenters. The molecule has 0 fully saturated rings. The van der Waals surface area contributed by atoms with Crippen molar-refractivity contribution in [2.75, 3.05) is 0 Å². The molecular formula is C13H11NO2. The van der Waals surface area contributed by atoms with Gasteiger partial charge < -0.3 is 5.11 Å². The van der Waals surface area contributed by atoms with Crippen LogP contribution >= 0.6 is 0 Å². The van der Waals surface area contributed by atoms with Crippen LogP contribution in [0.1, 0.15) is 15.9 Å². The minimum atomic E-state index is -0.956. The van der Waals surface area contributed by atoms with Crippen molar-refractivity contribution < 1.29 is 9.90 Å². The molecule has 2 aromatic rings. The number of pyridine rings is 1. The number of hydrogen-bond donors (Lipinski definition) is 1. The second-order valence-electron chi connectivity index (χ2n) is 3.58. The van der Waals surface area contributed by atoms with Gasteiger partial charge in [0.25, 0.3) is 0 Å². The highest BCUT2D eigenvalue weighted by Crippen LogP contribution is 2.22. The molecule has 0 spiro atoms. The summed E-state index contributed by atoms with van der Waals surface area (Å²) in [5, 5.41) is 8.89. The monoisotopic (exact) mass is 213 g/mol. The van der Waals surface area contributed by atoms with Gasteiger partial charge in [0.05, 0.1) is 5.56 Å². The molecule has 1 aromatic carbocycles. The van der Waals surface area contributed by atoms with Crippen molar-refractivity contribution in [3.8, 4) is 11.1 Å². The van der Waals surface area contributed by atoms with E-state index >= 15 is 0 Å². The third-order valence-electron chi connectivity index (χ3n) is 2.44. The highest BCUT2D eigenvalue weighted by atomic mass is 16.4. The summed E-state index contributed by atoms with van der Waals surface area (Å²) < 4.78 is 0. The molecule has 3 nitrogen and oxygen atoms in total. The Bertz CT molecular complexity index is 535. The first-order valence-corrected chi connectivity index (χ1v) is 4.93. The van der Waals surface area contributed by atoms with Crippen LogP contribution in [0.3, 0.4) is 0 Å². The van der Waals surface area contributed by atoms with Gasteiger partial charge in [-0.3, -0.25) is 4.98 Å². The second kappa shape index (κ2) is 4.14. The van der Waals surface area contributed by atoms with Crippen molar-refractivity contribution in [3.05, 3.63) is 53.9 Å². The van der Waals surface area contributed by atoms with E-state index in [4.69, 9.17) is 5.11 Å². The molecule has 2 rings (SSSR count). The maximum Gasteiger partial charge on any atom is 0.337 e. The van der Waals surface area contributed by atoms with Gasteiger partial charge in [0.2, 0.25) is 0 Å². The third kappa shape index (κ3) is 1.93. The summed E-state index contributed by atoms with van der Waals surface area (Å²) in [5.41, 5.74) is 3.16. The van der Waals surface area contributed by atoms with E-state index in [1.54, 1.807) is 12.3 Å². The van der Waals surface area contributed by atoms with Gasteiger partial charge in [-0.05, 0) is 24.1 Å². The molecule has 1 heterocycles. The maximum atomic E-state index is 10.8. The molecule has 0 aliphatic carbocycles. The molecule has 0 unspecified atom stereocenters. The molecule has 0 amide bonds. The summed E-state index contributed by atoms with van der Waals surface area (Å²) in [6, 6.07) is 9.46. The zero-order valence-corrected chi connectivity index (χ0v) is 8.84. The van der Waals surface area contributed by atoms with Crippen LogP contribution < -0.4 is 0 Å². The number of carbonyl (C=O) groups is 1. The number of aryl methyl sites for hydroxylation is 1. The normalized spacial score (nSPS) is 10.1. The quantitative estimate of drug-likeness (QED) is 0.834. The molecule has 0 aliphatic rings. The lowest BCUT2D eigenvalue weighted by Gasteiger charge is -2.05. The van der Waals surface area contributed by atoms with Gasteiger partial charge in [0.1, 0.15) is 0 Å². The van der Waals surface area contributed by atoms with E-state index in [1.807, 2.05) is 31.2 Å². The van der Waals surface area contributed by atoms with Crippen molar-refractivity contribution >= 4 is 5.97 Å². The highest BCUT2D eigenvalue weighted by Gasteiger charge is 2.06. The van der Waals surface area contributed by atoms with Crippen LogP contribution in [-0.2, 0) is 0 Å². The average Bonchev–Trinajstić information content (AvgIpc) is 2.30. The van der Waals surface area contributed by atoms with Gasteiger partial charge in [0, 0.05) is 18.0 Å². The maximum absolute atomic E-state index is 10.8. The first-order chi connectivity index (χ1) is 7.68. The van der Waals surface area contributed by atoms with E-state index in [1.165, 1.54) is 6.20 Å². The topological polar surface area (TPSA) is 50.2 Å². The first-order valence-electron chi connectivity index (χ1n) is 4.93. The van der Waals surface area contributed by atoms with E-state index in [9.17, 15) is 4.79 Å². The van der Waals surface area contributed by atoms with Gasteiger partial charge in [-0.2, -0.15) is 0 Å². The lowest BCUT2D eigenvalue weighted by atomic mass is 10.0. The molecule has 1 aromatic heterocycles. The molecule has 0 aliphatic heterocycles. The minimum absolute atomic E-state index is 0.209. The summed E-state index contributed by atoms with van der Waals surface area (Å²) in [6.45, 7) is 1.99. The highest BCUT2D eigenvalue weighted by molar-refractivity contribution is 5.89. The molecule has 0 radical (unpaired) electrons. The largest absolute Gasteiger partial charge is 0.478 e. The van der Waals surface area contributed by atoms with E-state index < -0.39 is 5.97 Å². The zero-order valence-electron chi connectivity index (χ0n) is 8.84. The standard InChI is InChI=1S/C13H11NO2/c1-9-4-2-3-5-12(9)10-6-11(13(15)16)8-14-7-10/h2-8H,1H3,(H,15,16). The van der Waals surface area contributed by atoms with Gasteiger partial charge in [-0.1, -0.05) is 24.3 Å². The van der Waals surface area contributed by atoms with Crippen molar-refractivity contribution in [3.63, 3.8) is 0 Å². The fourth-order valence-electron chi connectivity index (χ4n) is 1.60. The van der Waals surface area contributed by atoms with Crippen molar-refractivity contribution in [2.45, 2.75) is 6.92 Å². The predicted octanol–water partition coefficient (Wildman–Crippen LogP) is 2.76. The van der Waals surface area contributed by atoms with E-state index in [0.717, 1.165) is 16.7 Å². The van der Waals surface area contributed by atoms with Gasteiger partial charge in [-0.15, -0.1) is 0 Å². The Morgan fingerprint density at radius 3 is 2.69 bits per heavy atom. The number of carboxylic acids is 1. The summed E-state index contributed by atoms with van der Waals surface area (Å²) in [6.07, 6.45) is 3.03. The smallest absolute Gasteiger partial charge is 0.337 e. The van der Waals surface area contributed by atoms with Crippen LogP contribution in [-0.4, -0.2) is 16.1 Å². The summed E-state index contributed by atoms with van der Waals surface area (Å²) >= 11 is 0. The molecule has 0 saturated heterocycles. The van der Waals surface area contributed by atoms with Crippen LogP contribution in [0.15, 0.2) is 42.7 Å². The molecule has 0 bridgehead atoms. The van der Waals surface area contributed by atoms with E-state index in [-0.39, 0.29) is 5.56 Å². The Balaban J connectivity index is 2.53. The Morgan fingerprint density at radius 2 is 2.00 bits per heavy atom. The van der Waals surface area contributed by atoms with Crippen LogP contribution in [0, 0.1) is 6.92 Å². The number of aromatic nitrogens is 1. The Labute approximate surface area is 93.4 Å². The van der Waals surface area contributed by atoms with Gasteiger partial charge in [0.15, 0.2) is 0 Å². The number of benzene rings is 1. The summed E-state index contributed by atoms with van der Waals surface area (Å²) in [4.78, 5) is 14.8. The number of nitrogens with zero attached hydrogens (tertiary/aromatic N) is 1. The van der Waals surface area contributed by atoms with Crippen molar-refractivity contribution in [2.24, 2.45) is 0 Å². The molecule has 16 heavy (non-hydrogen) atoms. The SMILES string of the molecule is Cc1ccccc1-c1cncc(C(=O)O)c1. The van der Waals surface area contributed by atoms with Crippen molar-refractivity contribution in [1.82, 2.24) is 4.98 Å². The number of carboxylic acid groups (broad SMARTS) is 1. The van der Waals surface area contributed by atoms with Crippen LogP contribution in [0.5, 0.6) is 0 Å². The number of hydrogen-bond acceptors (Lipinski definition) is 2. The molecular weight excluding hydrogens is 202 g/mol. The molecule has 1 N–H and O–H groups in total. The zero-order chi connectivity index (χ0) is 11.5. The number of rotatable bonds is 2. The van der Waals surface area contributed by atoms with Crippen LogP contribution in [0.4, 0.5) is 0 Å². The molecule has 80 valence electrons. The van der Waals surface area contributed by atoms with E-state index in [2.05, 4.69) is 4.98 Å². The van der Waals surface area contributed by atoms with Crippen LogP contribution in [0.2, 0.25) is 0 Å². The number of aromatic carboxylic acids is 1. The predicted molar refractivity (Wildman–Crippen MR) is 61.4 cm³/mol. The first kappa shape index (κ1) is 10.4. The van der Waals surface area contributed by atoms with Crippen LogP contribution in [0.25, 0.3) is 11.1 Å². The summed E-state index contributed by atoms with van der Waals surface area (Å²) in [7, 11) is 0. The fourth-order valence-corrected chi connectivity index (χ4v) is 1.60.